The number of carbonyl (C=O) groups excluding carboxylic acids is 1. The van der Waals surface area contributed by atoms with Crippen LogP contribution < -0.4 is 0 Å². The van der Waals surface area contributed by atoms with E-state index in [0.717, 1.165) is 28.7 Å². The summed E-state index contributed by atoms with van der Waals surface area (Å²) in [5, 5.41) is 1.13. The first-order chi connectivity index (χ1) is 11.2. The lowest BCUT2D eigenvalue weighted by Gasteiger charge is -2.09. The fourth-order valence-electron chi connectivity index (χ4n) is 3.05. The Morgan fingerprint density at radius 1 is 1.04 bits per heavy atom. The van der Waals surface area contributed by atoms with Crippen LogP contribution in [0.3, 0.4) is 0 Å². The van der Waals surface area contributed by atoms with Crippen LogP contribution >= 0.6 is 0 Å². The van der Waals surface area contributed by atoms with Crippen molar-refractivity contribution in [2.45, 2.75) is 26.8 Å². The summed E-state index contributed by atoms with van der Waals surface area (Å²) >= 11 is 0. The smallest absolute Gasteiger partial charge is 0.310 e. The van der Waals surface area contributed by atoms with E-state index >= 15 is 0 Å². The van der Waals surface area contributed by atoms with Crippen molar-refractivity contribution >= 4 is 16.9 Å². The summed E-state index contributed by atoms with van der Waals surface area (Å²) in [6.07, 6.45) is 0.321. The maximum absolute atomic E-state index is 11.9. The SMILES string of the molecule is CCOC(=O)Cc1c(C)n(Cc2ccccc2)c2ccccc12. The third-order valence-corrected chi connectivity index (χ3v) is 4.17. The highest BCUT2D eigenvalue weighted by atomic mass is 16.5. The van der Waals surface area contributed by atoms with Crippen molar-refractivity contribution < 1.29 is 9.53 Å². The molecule has 0 amide bonds. The Morgan fingerprint density at radius 2 is 1.74 bits per heavy atom. The van der Waals surface area contributed by atoms with Crippen LogP contribution in [0.25, 0.3) is 10.9 Å². The molecule has 0 N–H and O–H groups in total. The molecule has 2 aromatic carbocycles. The number of ether oxygens (including phenoxy) is 1. The van der Waals surface area contributed by atoms with E-state index in [9.17, 15) is 4.79 Å². The fourth-order valence-corrected chi connectivity index (χ4v) is 3.05. The number of nitrogens with zero attached hydrogens (tertiary/aromatic N) is 1. The van der Waals surface area contributed by atoms with Crippen LogP contribution in [0, 0.1) is 6.92 Å². The van der Waals surface area contributed by atoms with Gasteiger partial charge in [0.2, 0.25) is 0 Å². The highest BCUT2D eigenvalue weighted by Gasteiger charge is 2.17. The maximum atomic E-state index is 11.9. The molecule has 0 aliphatic carbocycles. The normalized spacial score (nSPS) is 10.9. The van der Waals surface area contributed by atoms with Gasteiger partial charge in [0.15, 0.2) is 0 Å². The third kappa shape index (κ3) is 3.14. The topological polar surface area (TPSA) is 31.2 Å². The molecule has 0 saturated carbocycles. The Bertz CT molecular complexity index is 818. The molecule has 0 bridgehead atoms. The summed E-state index contributed by atoms with van der Waals surface area (Å²) in [5.41, 5.74) is 4.60. The second-order valence-corrected chi connectivity index (χ2v) is 5.63. The molecule has 23 heavy (non-hydrogen) atoms. The van der Waals surface area contributed by atoms with Crippen LogP contribution in [0.4, 0.5) is 0 Å². The highest BCUT2D eigenvalue weighted by Crippen LogP contribution is 2.27. The van der Waals surface area contributed by atoms with Crippen LogP contribution in [0.1, 0.15) is 23.7 Å². The average Bonchev–Trinajstić information content (AvgIpc) is 2.82. The maximum Gasteiger partial charge on any atom is 0.310 e. The van der Waals surface area contributed by atoms with E-state index in [2.05, 4.69) is 47.9 Å². The van der Waals surface area contributed by atoms with Crippen molar-refractivity contribution in [1.29, 1.82) is 0 Å². The molecule has 1 aromatic heterocycles. The molecule has 0 aliphatic heterocycles. The van der Waals surface area contributed by atoms with Gasteiger partial charge in [0, 0.05) is 23.1 Å². The number of carbonyl (C=O) groups is 1. The molecule has 3 aromatic rings. The summed E-state index contributed by atoms with van der Waals surface area (Å²) in [6, 6.07) is 18.6. The van der Waals surface area contributed by atoms with E-state index in [1.165, 1.54) is 5.56 Å². The largest absolute Gasteiger partial charge is 0.466 e. The molecule has 0 radical (unpaired) electrons. The van der Waals surface area contributed by atoms with Crippen molar-refractivity contribution in [3.63, 3.8) is 0 Å². The van der Waals surface area contributed by atoms with Gasteiger partial charge in [-0.15, -0.1) is 0 Å². The van der Waals surface area contributed by atoms with E-state index < -0.39 is 0 Å². The minimum Gasteiger partial charge on any atom is -0.466 e. The number of esters is 1. The fraction of sp³-hybridized carbons (Fsp3) is 0.250. The first-order valence-corrected chi connectivity index (χ1v) is 7.97. The lowest BCUT2D eigenvalue weighted by molar-refractivity contribution is -0.142. The van der Waals surface area contributed by atoms with Gasteiger partial charge in [-0.2, -0.15) is 0 Å². The van der Waals surface area contributed by atoms with E-state index in [-0.39, 0.29) is 5.97 Å². The zero-order chi connectivity index (χ0) is 16.2. The Kier molecular flexibility index (Phi) is 4.47. The molecule has 0 atom stereocenters. The van der Waals surface area contributed by atoms with Crippen molar-refractivity contribution in [3.05, 3.63) is 71.4 Å². The van der Waals surface area contributed by atoms with Gasteiger partial charge in [-0.25, -0.2) is 0 Å². The van der Waals surface area contributed by atoms with Gasteiger partial charge < -0.3 is 9.30 Å². The summed E-state index contributed by atoms with van der Waals surface area (Å²) < 4.78 is 7.41. The molecule has 118 valence electrons. The number of hydrogen-bond acceptors (Lipinski definition) is 2. The lowest BCUT2D eigenvalue weighted by atomic mass is 10.1. The van der Waals surface area contributed by atoms with E-state index in [1.54, 1.807) is 0 Å². The van der Waals surface area contributed by atoms with Gasteiger partial charge in [0.05, 0.1) is 13.0 Å². The lowest BCUT2D eigenvalue weighted by Crippen LogP contribution is -2.09. The first-order valence-electron chi connectivity index (χ1n) is 7.97. The van der Waals surface area contributed by atoms with Crippen LogP contribution in [0.5, 0.6) is 0 Å². The summed E-state index contributed by atoms with van der Waals surface area (Å²) in [4.78, 5) is 11.9. The van der Waals surface area contributed by atoms with Gasteiger partial charge in [-0.05, 0) is 31.0 Å². The van der Waals surface area contributed by atoms with E-state index in [0.29, 0.717) is 13.0 Å². The molecular formula is C20H21NO2. The van der Waals surface area contributed by atoms with Gasteiger partial charge in [0.25, 0.3) is 0 Å². The molecule has 0 spiro atoms. The third-order valence-electron chi connectivity index (χ3n) is 4.17. The molecule has 1 heterocycles. The van der Waals surface area contributed by atoms with Crippen LogP contribution in [0.2, 0.25) is 0 Å². The predicted octanol–water partition coefficient (Wildman–Crippen LogP) is 4.10. The number of rotatable bonds is 5. The van der Waals surface area contributed by atoms with Gasteiger partial charge in [-0.3, -0.25) is 4.79 Å². The van der Waals surface area contributed by atoms with E-state index in [1.807, 2.05) is 25.1 Å². The predicted molar refractivity (Wildman–Crippen MR) is 92.6 cm³/mol. The minimum absolute atomic E-state index is 0.168. The molecule has 0 fully saturated rings. The molecule has 3 heteroatoms. The number of para-hydroxylation sites is 1. The minimum atomic E-state index is -0.168. The second-order valence-electron chi connectivity index (χ2n) is 5.63. The summed E-state index contributed by atoms with van der Waals surface area (Å²) in [7, 11) is 0. The molecule has 0 saturated heterocycles. The van der Waals surface area contributed by atoms with Gasteiger partial charge in [0.1, 0.15) is 0 Å². The Balaban J connectivity index is 2.04. The molecular weight excluding hydrogens is 286 g/mol. The first kappa shape index (κ1) is 15.3. The average molecular weight is 307 g/mol. The molecule has 0 unspecified atom stereocenters. The van der Waals surface area contributed by atoms with Crippen LogP contribution in [0.15, 0.2) is 54.6 Å². The van der Waals surface area contributed by atoms with Crippen molar-refractivity contribution in [2.24, 2.45) is 0 Å². The summed E-state index contributed by atoms with van der Waals surface area (Å²) in [6.45, 7) is 5.14. The quantitative estimate of drug-likeness (QED) is 0.664. The van der Waals surface area contributed by atoms with E-state index in [4.69, 9.17) is 4.74 Å². The zero-order valence-corrected chi connectivity index (χ0v) is 13.6. The Morgan fingerprint density at radius 3 is 2.48 bits per heavy atom. The van der Waals surface area contributed by atoms with Crippen molar-refractivity contribution in [3.8, 4) is 0 Å². The van der Waals surface area contributed by atoms with Crippen LogP contribution in [-0.2, 0) is 22.5 Å². The Labute approximate surface area is 136 Å². The van der Waals surface area contributed by atoms with Crippen molar-refractivity contribution in [1.82, 2.24) is 4.57 Å². The number of benzene rings is 2. The van der Waals surface area contributed by atoms with Crippen molar-refractivity contribution in [2.75, 3.05) is 6.61 Å². The summed E-state index contributed by atoms with van der Waals surface area (Å²) in [5.74, 6) is -0.168. The zero-order valence-electron chi connectivity index (χ0n) is 13.6. The van der Waals surface area contributed by atoms with Crippen LogP contribution in [-0.4, -0.2) is 17.1 Å². The standard InChI is InChI=1S/C20H21NO2/c1-3-23-20(22)13-18-15(2)21(14-16-9-5-4-6-10-16)19-12-8-7-11-17(18)19/h4-12H,3,13-14H2,1-2H3. The second kappa shape index (κ2) is 6.69. The molecule has 0 aliphatic rings. The monoisotopic (exact) mass is 307 g/mol. The Hall–Kier alpha value is -2.55. The highest BCUT2D eigenvalue weighted by molar-refractivity contribution is 5.89. The number of fused-ring (bicyclic) bond motifs is 1. The van der Waals surface area contributed by atoms with Gasteiger partial charge in [-0.1, -0.05) is 48.5 Å². The molecule has 3 nitrogen and oxygen atoms in total. The van der Waals surface area contributed by atoms with Gasteiger partial charge >= 0.3 is 5.97 Å². The number of aromatic nitrogens is 1. The number of hydrogen-bond donors (Lipinski definition) is 0. The molecule has 3 rings (SSSR count).